The van der Waals surface area contributed by atoms with E-state index >= 15 is 0 Å². The molecule has 0 saturated heterocycles. The van der Waals surface area contributed by atoms with Crippen molar-refractivity contribution in [3.63, 3.8) is 0 Å². The van der Waals surface area contributed by atoms with Gasteiger partial charge in [-0.25, -0.2) is 9.37 Å². The molecule has 0 radical (unpaired) electrons. The molecule has 2 N–H and O–H groups in total. The maximum Gasteiger partial charge on any atom is 0.206 e. The van der Waals surface area contributed by atoms with E-state index in [2.05, 4.69) is 10.1 Å². The largest absolute Gasteiger partial charge is 0.369 e. The van der Waals surface area contributed by atoms with Crippen molar-refractivity contribution in [1.82, 2.24) is 19.3 Å². The van der Waals surface area contributed by atoms with Gasteiger partial charge in [0.25, 0.3) is 0 Å². The molecular formula is C14H16FN5. The van der Waals surface area contributed by atoms with Gasteiger partial charge in [0.2, 0.25) is 5.95 Å². The number of aryl methyl sites for hydroxylation is 3. The van der Waals surface area contributed by atoms with Crippen LogP contribution in [0.2, 0.25) is 0 Å². The molecule has 1 aromatic carbocycles. The lowest BCUT2D eigenvalue weighted by molar-refractivity contribution is 0.620. The monoisotopic (exact) mass is 273 g/mol. The minimum Gasteiger partial charge on any atom is -0.369 e. The van der Waals surface area contributed by atoms with Gasteiger partial charge in [0.05, 0.1) is 22.4 Å². The molecule has 0 saturated carbocycles. The van der Waals surface area contributed by atoms with E-state index < -0.39 is 0 Å². The minimum absolute atomic E-state index is 0.274. The van der Waals surface area contributed by atoms with Crippen molar-refractivity contribution in [2.75, 3.05) is 5.73 Å². The summed E-state index contributed by atoms with van der Waals surface area (Å²) in [6.07, 6.45) is 2.68. The van der Waals surface area contributed by atoms with E-state index in [1.807, 2.05) is 24.7 Å². The molecule has 0 spiro atoms. The fourth-order valence-electron chi connectivity index (χ4n) is 2.44. The molecule has 0 aliphatic rings. The van der Waals surface area contributed by atoms with E-state index in [1.165, 1.54) is 6.07 Å². The molecule has 5 nitrogen and oxygen atoms in total. The van der Waals surface area contributed by atoms with Crippen LogP contribution in [0.1, 0.15) is 18.2 Å². The van der Waals surface area contributed by atoms with Crippen molar-refractivity contribution in [3.05, 3.63) is 35.4 Å². The number of rotatable bonds is 2. The third-order valence-corrected chi connectivity index (χ3v) is 3.42. The lowest BCUT2D eigenvalue weighted by Gasteiger charge is -2.06. The maximum atomic E-state index is 13.6. The number of nitrogens with two attached hydrogens (primary N) is 1. The van der Waals surface area contributed by atoms with Gasteiger partial charge in [-0.2, -0.15) is 5.10 Å². The molecule has 3 rings (SSSR count). The van der Waals surface area contributed by atoms with E-state index in [0.717, 1.165) is 23.3 Å². The molecule has 3 aromatic rings. The second-order valence-electron chi connectivity index (χ2n) is 4.88. The van der Waals surface area contributed by atoms with Crippen LogP contribution in [0.5, 0.6) is 0 Å². The van der Waals surface area contributed by atoms with Gasteiger partial charge < -0.3 is 5.73 Å². The Labute approximate surface area is 115 Å². The van der Waals surface area contributed by atoms with Gasteiger partial charge in [-0.3, -0.25) is 9.25 Å². The normalized spacial score (nSPS) is 11.4. The molecule has 2 heterocycles. The molecule has 0 aliphatic carbocycles. The highest BCUT2D eigenvalue weighted by Gasteiger charge is 2.16. The number of nitrogens with zero attached hydrogens (tertiary/aromatic N) is 4. The first-order valence-corrected chi connectivity index (χ1v) is 6.48. The van der Waals surface area contributed by atoms with Crippen LogP contribution in [-0.4, -0.2) is 19.3 Å². The van der Waals surface area contributed by atoms with Gasteiger partial charge in [0, 0.05) is 19.3 Å². The number of nitrogen functional groups attached to an aromatic ring is 1. The van der Waals surface area contributed by atoms with Crippen LogP contribution >= 0.6 is 0 Å². The molecule has 6 heteroatoms. The number of hydrogen-bond donors (Lipinski definition) is 1. The van der Waals surface area contributed by atoms with Gasteiger partial charge in [0.1, 0.15) is 5.82 Å². The Kier molecular flexibility index (Phi) is 2.74. The third kappa shape index (κ3) is 1.76. The number of anilines is 1. The standard InChI is InChI=1S/C14H16FN5/c1-4-10-13(7-19(3)18-10)20-12-5-8(2)9(15)6-11(12)17-14(20)16/h5-7H,4H2,1-3H3,(H2,16,17). The zero-order valence-electron chi connectivity index (χ0n) is 11.7. The summed E-state index contributed by atoms with van der Waals surface area (Å²) in [6.45, 7) is 3.76. The molecule has 0 bridgehead atoms. The zero-order chi connectivity index (χ0) is 14.4. The first-order chi connectivity index (χ1) is 9.51. The summed E-state index contributed by atoms with van der Waals surface area (Å²) < 4.78 is 17.2. The Morgan fingerprint density at radius 2 is 2.10 bits per heavy atom. The number of hydrogen-bond acceptors (Lipinski definition) is 3. The predicted octanol–water partition coefficient (Wildman–Crippen LogP) is 2.35. The molecule has 0 aliphatic heterocycles. The van der Waals surface area contributed by atoms with E-state index in [9.17, 15) is 4.39 Å². The summed E-state index contributed by atoms with van der Waals surface area (Å²) in [5.74, 6) is 0.0664. The first kappa shape index (κ1) is 12.7. The number of benzene rings is 1. The smallest absolute Gasteiger partial charge is 0.206 e. The summed E-state index contributed by atoms with van der Waals surface area (Å²) in [5.41, 5.74) is 9.75. The molecule has 0 amide bonds. The zero-order valence-corrected chi connectivity index (χ0v) is 11.7. The van der Waals surface area contributed by atoms with Crippen LogP contribution in [-0.2, 0) is 13.5 Å². The van der Waals surface area contributed by atoms with Crippen molar-refractivity contribution in [3.8, 4) is 5.69 Å². The van der Waals surface area contributed by atoms with E-state index in [0.29, 0.717) is 17.0 Å². The van der Waals surface area contributed by atoms with E-state index in [1.54, 1.807) is 17.7 Å². The molecule has 20 heavy (non-hydrogen) atoms. The number of aromatic nitrogens is 4. The number of halogens is 1. The molecule has 2 aromatic heterocycles. The highest BCUT2D eigenvalue weighted by Crippen LogP contribution is 2.27. The van der Waals surface area contributed by atoms with Crippen LogP contribution < -0.4 is 5.73 Å². The van der Waals surface area contributed by atoms with Crippen molar-refractivity contribution in [2.24, 2.45) is 7.05 Å². The quantitative estimate of drug-likeness (QED) is 0.779. The van der Waals surface area contributed by atoms with Gasteiger partial charge in [0.15, 0.2) is 0 Å². The Morgan fingerprint density at radius 3 is 2.80 bits per heavy atom. The Balaban J connectivity index is 2.35. The average Bonchev–Trinajstić information content (AvgIpc) is 2.89. The molecule has 0 fully saturated rings. The second kappa shape index (κ2) is 4.33. The van der Waals surface area contributed by atoms with Gasteiger partial charge in [-0.1, -0.05) is 6.92 Å². The summed E-state index contributed by atoms with van der Waals surface area (Å²) in [4.78, 5) is 4.24. The summed E-state index contributed by atoms with van der Waals surface area (Å²) in [7, 11) is 1.86. The highest BCUT2D eigenvalue weighted by atomic mass is 19.1. The van der Waals surface area contributed by atoms with Crippen LogP contribution in [0.25, 0.3) is 16.7 Å². The van der Waals surface area contributed by atoms with Crippen LogP contribution in [0.4, 0.5) is 10.3 Å². The Bertz CT molecular complexity index is 800. The molecule has 0 atom stereocenters. The van der Waals surface area contributed by atoms with Crippen molar-refractivity contribution < 1.29 is 4.39 Å². The van der Waals surface area contributed by atoms with Gasteiger partial charge >= 0.3 is 0 Å². The van der Waals surface area contributed by atoms with E-state index in [4.69, 9.17) is 5.73 Å². The third-order valence-electron chi connectivity index (χ3n) is 3.42. The van der Waals surface area contributed by atoms with Gasteiger partial charge in [-0.05, 0) is 25.0 Å². The van der Waals surface area contributed by atoms with Crippen LogP contribution in [0.15, 0.2) is 18.3 Å². The summed E-state index contributed by atoms with van der Waals surface area (Å²) in [6, 6.07) is 3.18. The topological polar surface area (TPSA) is 61.7 Å². The summed E-state index contributed by atoms with van der Waals surface area (Å²) >= 11 is 0. The molecule has 104 valence electrons. The number of imidazole rings is 1. The second-order valence-corrected chi connectivity index (χ2v) is 4.88. The predicted molar refractivity (Wildman–Crippen MR) is 76.3 cm³/mol. The van der Waals surface area contributed by atoms with Crippen molar-refractivity contribution in [2.45, 2.75) is 20.3 Å². The van der Waals surface area contributed by atoms with Crippen LogP contribution in [0, 0.1) is 12.7 Å². The van der Waals surface area contributed by atoms with Crippen molar-refractivity contribution in [1.29, 1.82) is 0 Å². The van der Waals surface area contributed by atoms with Gasteiger partial charge in [-0.15, -0.1) is 0 Å². The van der Waals surface area contributed by atoms with Crippen LogP contribution in [0.3, 0.4) is 0 Å². The lowest BCUT2D eigenvalue weighted by Crippen LogP contribution is -2.02. The Morgan fingerprint density at radius 1 is 1.35 bits per heavy atom. The maximum absolute atomic E-state index is 13.6. The fraction of sp³-hybridized carbons (Fsp3) is 0.286. The Hall–Kier alpha value is -2.37. The highest BCUT2D eigenvalue weighted by molar-refractivity contribution is 5.81. The SMILES string of the molecule is CCc1nn(C)cc1-n1c(N)nc2cc(F)c(C)cc21. The van der Waals surface area contributed by atoms with Crippen molar-refractivity contribution >= 4 is 17.0 Å². The van der Waals surface area contributed by atoms with E-state index in [-0.39, 0.29) is 5.82 Å². The number of fused-ring (bicyclic) bond motifs is 1. The first-order valence-electron chi connectivity index (χ1n) is 6.48. The summed E-state index contributed by atoms with van der Waals surface area (Å²) in [5, 5.41) is 4.41. The molecule has 0 unspecified atom stereocenters. The average molecular weight is 273 g/mol. The fourth-order valence-corrected chi connectivity index (χ4v) is 2.44. The molecular weight excluding hydrogens is 257 g/mol. The lowest BCUT2D eigenvalue weighted by atomic mass is 10.2. The minimum atomic E-state index is -0.274.